The molecule has 0 aromatic heterocycles. The smallest absolute Gasteiger partial charge is 0.0826 e. The van der Waals surface area contributed by atoms with Crippen LogP contribution < -0.4 is 5.32 Å². The monoisotopic (exact) mass is 242 g/mol. The molecule has 2 aliphatic rings. The van der Waals surface area contributed by atoms with E-state index in [2.05, 4.69) is 24.1 Å². The van der Waals surface area contributed by atoms with Crippen LogP contribution >= 0.6 is 0 Å². The SMILES string of the molecule is CC(C)(CO)CNCC1CN2CCCC2CO1. The Kier molecular flexibility index (Phi) is 4.42. The molecule has 2 saturated heterocycles. The summed E-state index contributed by atoms with van der Waals surface area (Å²) in [6, 6.07) is 0.681. The van der Waals surface area contributed by atoms with E-state index in [1.54, 1.807) is 0 Å². The molecule has 0 aromatic rings. The standard InChI is InChI=1S/C13H26N2O2/c1-13(2,10-16)9-14-6-12-7-15-5-3-4-11(15)8-17-12/h11-12,14,16H,3-10H2,1-2H3. The van der Waals surface area contributed by atoms with E-state index < -0.39 is 0 Å². The predicted molar refractivity (Wildman–Crippen MR) is 68.1 cm³/mol. The predicted octanol–water partition coefficient (Wildman–Crippen LogP) is 0.458. The van der Waals surface area contributed by atoms with Crippen molar-refractivity contribution < 1.29 is 9.84 Å². The van der Waals surface area contributed by atoms with Crippen molar-refractivity contribution in [2.75, 3.05) is 39.4 Å². The second kappa shape index (κ2) is 5.65. The summed E-state index contributed by atoms with van der Waals surface area (Å²) < 4.78 is 5.87. The molecule has 0 aromatic carbocycles. The van der Waals surface area contributed by atoms with Crippen LogP contribution in [-0.4, -0.2) is 61.5 Å². The normalized spacial score (nSPS) is 30.5. The van der Waals surface area contributed by atoms with Crippen molar-refractivity contribution >= 4 is 0 Å². The highest BCUT2D eigenvalue weighted by atomic mass is 16.5. The zero-order valence-electron chi connectivity index (χ0n) is 11.1. The third-order valence-corrected chi connectivity index (χ3v) is 3.87. The van der Waals surface area contributed by atoms with Crippen molar-refractivity contribution in [3.05, 3.63) is 0 Å². The van der Waals surface area contributed by atoms with Gasteiger partial charge in [-0.25, -0.2) is 0 Å². The highest BCUT2D eigenvalue weighted by molar-refractivity contribution is 4.86. The Morgan fingerprint density at radius 2 is 2.29 bits per heavy atom. The highest BCUT2D eigenvalue weighted by Crippen LogP contribution is 2.22. The van der Waals surface area contributed by atoms with Gasteiger partial charge in [-0.3, -0.25) is 4.90 Å². The number of hydrogen-bond acceptors (Lipinski definition) is 4. The van der Waals surface area contributed by atoms with E-state index >= 15 is 0 Å². The fraction of sp³-hybridized carbons (Fsp3) is 1.00. The average Bonchev–Trinajstić information content (AvgIpc) is 2.76. The van der Waals surface area contributed by atoms with Crippen LogP contribution in [-0.2, 0) is 4.74 Å². The summed E-state index contributed by atoms with van der Waals surface area (Å²) in [4.78, 5) is 2.56. The summed E-state index contributed by atoms with van der Waals surface area (Å²) in [6.45, 7) is 9.30. The molecule has 2 rings (SSSR count). The topological polar surface area (TPSA) is 44.7 Å². The summed E-state index contributed by atoms with van der Waals surface area (Å²) in [5.41, 5.74) is -0.0369. The van der Waals surface area contributed by atoms with E-state index in [1.165, 1.54) is 19.4 Å². The molecule has 2 N–H and O–H groups in total. The Morgan fingerprint density at radius 3 is 3.06 bits per heavy atom. The molecule has 4 heteroatoms. The van der Waals surface area contributed by atoms with E-state index in [0.29, 0.717) is 12.1 Å². The zero-order valence-corrected chi connectivity index (χ0v) is 11.1. The number of fused-ring (bicyclic) bond motifs is 1. The third kappa shape index (κ3) is 3.65. The van der Waals surface area contributed by atoms with Crippen molar-refractivity contribution in [3.63, 3.8) is 0 Å². The Balaban J connectivity index is 1.67. The lowest BCUT2D eigenvalue weighted by molar-refractivity contribution is -0.0478. The fourth-order valence-corrected chi connectivity index (χ4v) is 2.64. The van der Waals surface area contributed by atoms with Gasteiger partial charge in [0, 0.05) is 37.7 Å². The van der Waals surface area contributed by atoms with Gasteiger partial charge < -0.3 is 15.2 Å². The van der Waals surface area contributed by atoms with Crippen molar-refractivity contribution in [2.24, 2.45) is 5.41 Å². The molecule has 0 aliphatic carbocycles. The van der Waals surface area contributed by atoms with Gasteiger partial charge in [0.2, 0.25) is 0 Å². The van der Waals surface area contributed by atoms with Gasteiger partial charge in [-0.2, -0.15) is 0 Å². The van der Waals surface area contributed by atoms with Gasteiger partial charge in [0.15, 0.2) is 0 Å². The van der Waals surface area contributed by atoms with Crippen molar-refractivity contribution in [2.45, 2.75) is 38.8 Å². The number of aliphatic hydroxyl groups excluding tert-OH is 1. The summed E-state index contributed by atoms with van der Waals surface area (Å²) in [5, 5.41) is 12.6. The summed E-state index contributed by atoms with van der Waals surface area (Å²) in [7, 11) is 0. The summed E-state index contributed by atoms with van der Waals surface area (Å²) in [6.07, 6.45) is 2.95. The second-order valence-electron chi connectivity index (χ2n) is 6.20. The maximum atomic E-state index is 9.17. The van der Waals surface area contributed by atoms with Crippen molar-refractivity contribution in [1.29, 1.82) is 0 Å². The van der Waals surface area contributed by atoms with Gasteiger partial charge in [-0.15, -0.1) is 0 Å². The zero-order chi connectivity index (χ0) is 12.3. The molecular weight excluding hydrogens is 216 g/mol. The van der Waals surface area contributed by atoms with Crippen molar-refractivity contribution in [1.82, 2.24) is 10.2 Å². The van der Waals surface area contributed by atoms with Gasteiger partial charge in [0.25, 0.3) is 0 Å². The number of nitrogens with zero attached hydrogens (tertiary/aromatic N) is 1. The molecular formula is C13H26N2O2. The number of rotatable bonds is 5. The molecule has 2 aliphatic heterocycles. The first-order chi connectivity index (χ1) is 8.11. The number of aliphatic hydroxyl groups is 1. The summed E-state index contributed by atoms with van der Waals surface area (Å²) >= 11 is 0. The van der Waals surface area contributed by atoms with Gasteiger partial charge >= 0.3 is 0 Å². The van der Waals surface area contributed by atoms with Crippen LogP contribution in [0.2, 0.25) is 0 Å². The highest BCUT2D eigenvalue weighted by Gasteiger charge is 2.32. The Hall–Kier alpha value is -0.160. The number of nitrogens with one attached hydrogen (secondary N) is 1. The van der Waals surface area contributed by atoms with E-state index in [4.69, 9.17) is 4.74 Å². The number of ether oxygens (including phenoxy) is 1. The lowest BCUT2D eigenvalue weighted by atomic mass is 9.95. The van der Waals surface area contributed by atoms with Gasteiger partial charge in [0.05, 0.1) is 12.7 Å². The molecule has 2 heterocycles. The van der Waals surface area contributed by atoms with Crippen LogP contribution in [0, 0.1) is 5.41 Å². The first-order valence-electron chi connectivity index (χ1n) is 6.78. The Labute approximate surface area is 104 Å². The minimum atomic E-state index is -0.0369. The van der Waals surface area contributed by atoms with E-state index in [-0.39, 0.29) is 12.0 Å². The lowest BCUT2D eigenvalue weighted by Crippen LogP contribution is -2.50. The maximum absolute atomic E-state index is 9.17. The summed E-state index contributed by atoms with van der Waals surface area (Å²) in [5.74, 6) is 0. The van der Waals surface area contributed by atoms with Crippen LogP contribution in [0.1, 0.15) is 26.7 Å². The molecule has 2 unspecified atom stereocenters. The number of morpholine rings is 1. The van der Waals surface area contributed by atoms with Gasteiger partial charge in [0.1, 0.15) is 0 Å². The fourth-order valence-electron chi connectivity index (χ4n) is 2.64. The van der Waals surface area contributed by atoms with E-state index in [9.17, 15) is 5.11 Å². The van der Waals surface area contributed by atoms with Gasteiger partial charge in [-0.1, -0.05) is 13.8 Å². The average molecular weight is 242 g/mol. The number of hydrogen-bond donors (Lipinski definition) is 2. The molecule has 17 heavy (non-hydrogen) atoms. The lowest BCUT2D eigenvalue weighted by Gasteiger charge is -2.35. The maximum Gasteiger partial charge on any atom is 0.0826 e. The molecule has 2 atom stereocenters. The second-order valence-corrected chi connectivity index (χ2v) is 6.20. The van der Waals surface area contributed by atoms with Crippen LogP contribution in [0.25, 0.3) is 0 Å². The minimum Gasteiger partial charge on any atom is -0.396 e. The van der Waals surface area contributed by atoms with Gasteiger partial charge in [-0.05, 0) is 19.4 Å². The first-order valence-corrected chi connectivity index (χ1v) is 6.78. The van der Waals surface area contributed by atoms with Crippen molar-refractivity contribution in [3.8, 4) is 0 Å². The molecule has 0 saturated carbocycles. The molecule has 0 amide bonds. The Bertz CT molecular complexity index is 246. The minimum absolute atomic E-state index is 0.0369. The molecule has 2 fully saturated rings. The molecule has 0 spiro atoms. The van der Waals surface area contributed by atoms with Crippen LogP contribution in [0.3, 0.4) is 0 Å². The van der Waals surface area contributed by atoms with Crippen LogP contribution in [0.4, 0.5) is 0 Å². The molecule has 100 valence electrons. The molecule has 4 nitrogen and oxygen atoms in total. The van der Waals surface area contributed by atoms with Crippen LogP contribution in [0.5, 0.6) is 0 Å². The Morgan fingerprint density at radius 1 is 1.47 bits per heavy atom. The largest absolute Gasteiger partial charge is 0.396 e. The first kappa shape index (κ1) is 13.3. The third-order valence-electron chi connectivity index (χ3n) is 3.87. The van der Waals surface area contributed by atoms with E-state index in [1.807, 2.05) is 0 Å². The van der Waals surface area contributed by atoms with E-state index in [0.717, 1.165) is 26.2 Å². The molecule has 0 radical (unpaired) electrons. The molecule has 0 bridgehead atoms. The van der Waals surface area contributed by atoms with Crippen LogP contribution in [0.15, 0.2) is 0 Å². The quantitative estimate of drug-likeness (QED) is 0.735.